The van der Waals surface area contributed by atoms with E-state index in [1.807, 2.05) is 0 Å². The van der Waals surface area contributed by atoms with Crippen molar-refractivity contribution in [1.29, 1.82) is 0 Å². The number of anilines is 2. The summed E-state index contributed by atoms with van der Waals surface area (Å²) in [7, 11) is -2.32. The molecule has 1 amide bonds. The van der Waals surface area contributed by atoms with Crippen molar-refractivity contribution in [2.75, 3.05) is 10.0 Å². The molecule has 0 spiro atoms. The molecular formula is C13H15ClN4O3S. The summed E-state index contributed by atoms with van der Waals surface area (Å²) < 4.78 is 28.6. The number of hydrogen-bond donors (Lipinski definition) is 2. The number of hydrogen-bond acceptors (Lipinski definition) is 4. The standard InChI is InChI=1S/C13H15ClN4O3S/c1-8-12(13(14)18(3)16-8)22(20,21)17-11-6-4-5-10(7-11)15-9(2)19/h4-7,17H,1-3H3,(H,15,19). The lowest BCUT2D eigenvalue weighted by atomic mass is 10.3. The third-order valence-corrected chi connectivity index (χ3v) is 4.88. The summed E-state index contributed by atoms with van der Waals surface area (Å²) in [6.45, 7) is 2.93. The van der Waals surface area contributed by atoms with Gasteiger partial charge in [0, 0.05) is 19.7 Å². The lowest BCUT2D eigenvalue weighted by Crippen LogP contribution is -2.14. The van der Waals surface area contributed by atoms with Crippen LogP contribution in [0.5, 0.6) is 0 Å². The fourth-order valence-electron chi connectivity index (χ4n) is 1.99. The molecule has 118 valence electrons. The molecule has 22 heavy (non-hydrogen) atoms. The molecule has 0 atom stereocenters. The molecule has 2 aromatic rings. The molecule has 0 radical (unpaired) electrons. The first-order valence-electron chi connectivity index (χ1n) is 6.30. The minimum Gasteiger partial charge on any atom is -0.326 e. The van der Waals surface area contributed by atoms with E-state index in [9.17, 15) is 13.2 Å². The summed E-state index contributed by atoms with van der Waals surface area (Å²) in [6.07, 6.45) is 0. The minimum atomic E-state index is -3.88. The molecule has 1 aromatic heterocycles. The first kappa shape index (κ1) is 16.3. The number of aromatic nitrogens is 2. The molecule has 0 saturated heterocycles. The first-order valence-corrected chi connectivity index (χ1v) is 8.16. The van der Waals surface area contributed by atoms with Crippen LogP contribution in [0.15, 0.2) is 29.2 Å². The summed E-state index contributed by atoms with van der Waals surface area (Å²) >= 11 is 5.99. The molecule has 7 nitrogen and oxygen atoms in total. The van der Waals surface area contributed by atoms with Crippen LogP contribution in [0.3, 0.4) is 0 Å². The minimum absolute atomic E-state index is 0.0306. The van der Waals surface area contributed by atoms with E-state index in [0.717, 1.165) is 0 Å². The summed E-state index contributed by atoms with van der Waals surface area (Å²) in [6, 6.07) is 6.36. The van der Waals surface area contributed by atoms with E-state index in [4.69, 9.17) is 11.6 Å². The molecule has 0 saturated carbocycles. The fraction of sp³-hybridized carbons (Fsp3) is 0.231. The summed E-state index contributed by atoms with van der Waals surface area (Å²) in [5, 5.41) is 6.60. The quantitative estimate of drug-likeness (QED) is 0.890. The topological polar surface area (TPSA) is 93.1 Å². The van der Waals surface area contributed by atoms with Gasteiger partial charge in [0.05, 0.1) is 11.4 Å². The van der Waals surface area contributed by atoms with Gasteiger partial charge in [0.2, 0.25) is 5.91 Å². The molecule has 9 heteroatoms. The first-order chi connectivity index (χ1) is 10.2. The van der Waals surface area contributed by atoms with E-state index in [-0.39, 0.29) is 16.0 Å². The molecule has 0 bridgehead atoms. The Morgan fingerprint density at radius 1 is 1.32 bits per heavy atom. The van der Waals surface area contributed by atoms with E-state index in [1.165, 1.54) is 17.7 Å². The van der Waals surface area contributed by atoms with Gasteiger partial charge in [-0.1, -0.05) is 17.7 Å². The van der Waals surface area contributed by atoms with Crippen molar-refractivity contribution in [2.24, 2.45) is 7.05 Å². The number of carbonyl (C=O) groups is 1. The van der Waals surface area contributed by atoms with E-state index in [1.54, 1.807) is 32.2 Å². The van der Waals surface area contributed by atoms with Gasteiger partial charge in [0.25, 0.3) is 10.0 Å². The number of rotatable bonds is 4. The predicted molar refractivity (Wildman–Crippen MR) is 84.5 cm³/mol. The average molecular weight is 343 g/mol. The molecule has 0 aliphatic heterocycles. The number of halogens is 1. The Morgan fingerprint density at radius 3 is 2.50 bits per heavy atom. The van der Waals surface area contributed by atoms with Gasteiger partial charge in [-0.2, -0.15) is 5.10 Å². The zero-order valence-electron chi connectivity index (χ0n) is 12.2. The number of sulfonamides is 1. The largest absolute Gasteiger partial charge is 0.326 e. The van der Waals surface area contributed by atoms with Crippen molar-refractivity contribution in [2.45, 2.75) is 18.7 Å². The number of nitrogens with one attached hydrogen (secondary N) is 2. The highest BCUT2D eigenvalue weighted by atomic mass is 35.5. The van der Waals surface area contributed by atoms with Crippen LogP contribution in [0.2, 0.25) is 5.15 Å². The van der Waals surface area contributed by atoms with Crippen molar-refractivity contribution >= 4 is 38.9 Å². The number of carbonyl (C=O) groups excluding carboxylic acids is 1. The molecule has 2 N–H and O–H groups in total. The molecule has 1 aromatic carbocycles. The molecule has 1 heterocycles. The van der Waals surface area contributed by atoms with Gasteiger partial charge in [0.15, 0.2) is 0 Å². The normalized spacial score (nSPS) is 11.3. The molecule has 0 unspecified atom stereocenters. The monoisotopic (exact) mass is 342 g/mol. The molecule has 2 rings (SSSR count). The third kappa shape index (κ3) is 3.40. The second-order valence-corrected chi connectivity index (χ2v) is 6.67. The third-order valence-electron chi connectivity index (χ3n) is 2.80. The highest BCUT2D eigenvalue weighted by Crippen LogP contribution is 2.27. The summed E-state index contributed by atoms with van der Waals surface area (Å²) in [4.78, 5) is 11.0. The SMILES string of the molecule is CC(=O)Nc1cccc(NS(=O)(=O)c2c(C)nn(C)c2Cl)c1. The van der Waals surface area contributed by atoms with Crippen molar-refractivity contribution < 1.29 is 13.2 Å². The maximum atomic E-state index is 12.5. The number of benzene rings is 1. The van der Waals surface area contributed by atoms with Crippen LogP contribution in [-0.4, -0.2) is 24.1 Å². The van der Waals surface area contributed by atoms with Gasteiger partial charge in [-0.3, -0.25) is 14.2 Å². The molecule has 0 aliphatic rings. The zero-order chi connectivity index (χ0) is 16.5. The van der Waals surface area contributed by atoms with Crippen LogP contribution in [-0.2, 0) is 21.9 Å². The van der Waals surface area contributed by atoms with Gasteiger partial charge in [-0.25, -0.2) is 8.42 Å². The van der Waals surface area contributed by atoms with Crippen molar-refractivity contribution in [3.63, 3.8) is 0 Å². The lowest BCUT2D eigenvalue weighted by molar-refractivity contribution is -0.114. The molecule has 0 aliphatic carbocycles. The zero-order valence-corrected chi connectivity index (χ0v) is 13.8. The smallest absolute Gasteiger partial charge is 0.266 e. The Balaban J connectivity index is 2.35. The highest BCUT2D eigenvalue weighted by molar-refractivity contribution is 7.92. The Hall–Kier alpha value is -2.06. The Labute approximate surface area is 133 Å². The van der Waals surface area contributed by atoms with Crippen molar-refractivity contribution in [3.8, 4) is 0 Å². The van der Waals surface area contributed by atoms with Crippen LogP contribution < -0.4 is 10.0 Å². The number of nitrogens with zero attached hydrogens (tertiary/aromatic N) is 2. The van der Waals surface area contributed by atoms with Gasteiger partial charge < -0.3 is 5.32 Å². The van der Waals surface area contributed by atoms with Crippen LogP contribution in [0, 0.1) is 6.92 Å². The average Bonchev–Trinajstić information content (AvgIpc) is 2.62. The van der Waals surface area contributed by atoms with Crippen molar-refractivity contribution in [1.82, 2.24) is 9.78 Å². The van der Waals surface area contributed by atoms with E-state index < -0.39 is 10.0 Å². The van der Waals surface area contributed by atoms with E-state index in [2.05, 4.69) is 15.1 Å². The van der Waals surface area contributed by atoms with Crippen LogP contribution in [0.25, 0.3) is 0 Å². The fourth-order valence-corrected chi connectivity index (χ4v) is 3.79. The highest BCUT2D eigenvalue weighted by Gasteiger charge is 2.25. The maximum absolute atomic E-state index is 12.5. The number of aryl methyl sites for hydroxylation is 2. The Morgan fingerprint density at radius 2 is 1.95 bits per heavy atom. The van der Waals surface area contributed by atoms with Crippen molar-refractivity contribution in [3.05, 3.63) is 35.1 Å². The second-order valence-electron chi connectivity index (χ2n) is 4.70. The van der Waals surface area contributed by atoms with E-state index in [0.29, 0.717) is 17.1 Å². The predicted octanol–water partition coefficient (Wildman–Crippen LogP) is 2.14. The van der Waals surface area contributed by atoms with Gasteiger partial charge in [-0.15, -0.1) is 0 Å². The lowest BCUT2D eigenvalue weighted by Gasteiger charge is -2.09. The van der Waals surface area contributed by atoms with E-state index >= 15 is 0 Å². The second kappa shape index (κ2) is 5.98. The Bertz CT molecular complexity index is 830. The van der Waals surface area contributed by atoms with Gasteiger partial charge >= 0.3 is 0 Å². The Kier molecular flexibility index (Phi) is 4.43. The summed E-state index contributed by atoms with van der Waals surface area (Å²) in [5.41, 5.74) is 1.10. The maximum Gasteiger partial charge on any atom is 0.266 e. The summed E-state index contributed by atoms with van der Waals surface area (Å²) in [5.74, 6) is -0.244. The molecular weight excluding hydrogens is 328 g/mol. The van der Waals surface area contributed by atoms with Gasteiger partial charge in [0.1, 0.15) is 10.0 Å². The molecule has 0 fully saturated rings. The van der Waals surface area contributed by atoms with Crippen LogP contribution >= 0.6 is 11.6 Å². The van der Waals surface area contributed by atoms with Crippen LogP contribution in [0.4, 0.5) is 11.4 Å². The van der Waals surface area contributed by atoms with Gasteiger partial charge in [-0.05, 0) is 25.1 Å². The van der Waals surface area contributed by atoms with Crippen LogP contribution in [0.1, 0.15) is 12.6 Å². The number of amides is 1.